The minimum absolute atomic E-state index is 0.0240. The molecule has 0 aromatic rings. The quantitative estimate of drug-likeness (QED) is 0.386. The molecule has 2 bridgehead atoms. The summed E-state index contributed by atoms with van der Waals surface area (Å²) in [6.45, 7) is 8.00. The van der Waals surface area contributed by atoms with Crippen LogP contribution in [0.4, 0.5) is 0 Å². The molecule has 4 nitrogen and oxygen atoms in total. The zero-order chi connectivity index (χ0) is 17.3. The van der Waals surface area contributed by atoms with Crippen molar-refractivity contribution in [1.29, 1.82) is 0 Å². The highest BCUT2D eigenvalue weighted by atomic mass is 16.6. The van der Waals surface area contributed by atoms with Gasteiger partial charge in [-0.1, -0.05) is 23.8 Å². The van der Waals surface area contributed by atoms with Crippen molar-refractivity contribution in [3.8, 4) is 0 Å². The molecule has 3 atom stereocenters. The number of rotatable bonds is 0. The molecule has 24 heavy (non-hydrogen) atoms. The van der Waals surface area contributed by atoms with Gasteiger partial charge in [-0.25, -0.2) is 9.59 Å². The predicted molar refractivity (Wildman–Crippen MR) is 91.1 cm³/mol. The smallest absolute Gasteiger partial charge is 0.334 e. The minimum Gasteiger partial charge on any atom is -0.454 e. The highest BCUT2D eigenvalue weighted by Gasteiger charge is 2.37. The first kappa shape index (κ1) is 16.7. The van der Waals surface area contributed by atoms with Gasteiger partial charge in [-0.2, -0.15) is 0 Å². The van der Waals surface area contributed by atoms with Gasteiger partial charge in [0.05, 0.1) is 0 Å². The number of ether oxygens (including phenoxy) is 2. The van der Waals surface area contributed by atoms with E-state index in [0.717, 1.165) is 36.8 Å². The number of hydrogen-bond donors (Lipinski definition) is 0. The zero-order valence-corrected chi connectivity index (χ0v) is 14.3. The molecule has 0 aromatic carbocycles. The topological polar surface area (TPSA) is 52.6 Å². The lowest BCUT2D eigenvalue weighted by molar-refractivity contribution is -0.139. The van der Waals surface area contributed by atoms with Gasteiger partial charge in [-0.05, 0) is 51.7 Å². The summed E-state index contributed by atoms with van der Waals surface area (Å²) in [6.07, 6.45) is 9.56. The third-order valence-electron chi connectivity index (χ3n) is 4.99. The van der Waals surface area contributed by atoms with E-state index in [-0.39, 0.29) is 30.1 Å². The Morgan fingerprint density at radius 3 is 2.62 bits per heavy atom. The third kappa shape index (κ3) is 3.53. The molecule has 1 fully saturated rings. The van der Waals surface area contributed by atoms with Gasteiger partial charge in [0.1, 0.15) is 12.2 Å². The highest BCUT2D eigenvalue weighted by molar-refractivity contribution is 5.91. The molecule has 0 aromatic heterocycles. The van der Waals surface area contributed by atoms with Crippen molar-refractivity contribution in [2.75, 3.05) is 0 Å². The van der Waals surface area contributed by atoms with Gasteiger partial charge < -0.3 is 9.47 Å². The first-order valence-electron chi connectivity index (χ1n) is 8.58. The van der Waals surface area contributed by atoms with Crippen LogP contribution in [0.1, 0.15) is 46.0 Å². The Labute approximate surface area is 142 Å². The van der Waals surface area contributed by atoms with Crippen molar-refractivity contribution in [3.63, 3.8) is 0 Å². The van der Waals surface area contributed by atoms with Gasteiger partial charge >= 0.3 is 11.9 Å². The molecule has 3 unspecified atom stereocenters. The molecular formula is C20H24O4. The number of fused-ring (bicyclic) bond motifs is 2. The summed E-state index contributed by atoms with van der Waals surface area (Å²) in [5.41, 5.74) is 3.67. The maximum Gasteiger partial charge on any atom is 0.334 e. The molecule has 1 saturated heterocycles. The Hall–Kier alpha value is -2.10. The third-order valence-corrected chi connectivity index (χ3v) is 4.99. The molecule has 0 radical (unpaired) electrons. The van der Waals surface area contributed by atoms with E-state index in [9.17, 15) is 9.59 Å². The summed E-state index contributed by atoms with van der Waals surface area (Å²) in [5, 5.41) is 0. The van der Waals surface area contributed by atoms with Crippen molar-refractivity contribution in [3.05, 3.63) is 47.1 Å². The average molecular weight is 328 g/mol. The lowest BCUT2D eigenvalue weighted by atomic mass is 9.89. The second-order valence-electron chi connectivity index (χ2n) is 6.98. The number of allylic oxidation sites excluding steroid dienone is 2. The van der Waals surface area contributed by atoms with Crippen molar-refractivity contribution < 1.29 is 19.1 Å². The van der Waals surface area contributed by atoms with Gasteiger partial charge in [-0.15, -0.1) is 0 Å². The van der Waals surface area contributed by atoms with Crippen molar-refractivity contribution in [2.45, 2.75) is 58.2 Å². The van der Waals surface area contributed by atoms with Gasteiger partial charge in [0.15, 0.2) is 0 Å². The second-order valence-corrected chi connectivity index (χ2v) is 6.98. The Morgan fingerprint density at radius 2 is 1.83 bits per heavy atom. The fourth-order valence-corrected chi connectivity index (χ4v) is 3.57. The number of esters is 2. The molecule has 0 spiro atoms. The van der Waals surface area contributed by atoms with Gasteiger partial charge in [0.2, 0.25) is 0 Å². The Balaban J connectivity index is 1.86. The van der Waals surface area contributed by atoms with Crippen molar-refractivity contribution in [1.82, 2.24) is 0 Å². The van der Waals surface area contributed by atoms with Crippen LogP contribution in [0.3, 0.4) is 0 Å². The maximum absolute atomic E-state index is 11.9. The van der Waals surface area contributed by atoms with Crippen LogP contribution >= 0.6 is 0 Å². The van der Waals surface area contributed by atoms with Crippen LogP contribution in [-0.2, 0) is 19.1 Å². The van der Waals surface area contributed by atoms with Crippen LogP contribution in [0.2, 0.25) is 0 Å². The van der Waals surface area contributed by atoms with E-state index in [0.29, 0.717) is 12.0 Å². The van der Waals surface area contributed by atoms with Gasteiger partial charge in [0, 0.05) is 23.5 Å². The van der Waals surface area contributed by atoms with Gasteiger partial charge in [0.25, 0.3) is 0 Å². The number of carbonyl (C=O) groups excluding carboxylic acids is 2. The summed E-state index contributed by atoms with van der Waals surface area (Å²) < 4.78 is 10.9. The summed E-state index contributed by atoms with van der Waals surface area (Å²) >= 11 is 0. The summed E-state index contributed by atoms with van der Waals surface area (Å²) in [6, 6.07) is 0. The van der Waals surface area contributed by atoms with Crippen LogP contribution in [0.15, 0.2) is 47.1 Å². The molecule has 1 aliphatic carbocycles. The van der Waals surface area contributed by atoms with Crippen molar-refractivity contribution in [2.24, 2.45) is 5.92 Å². The van der Waals surface area contributed by atoms with Crippen molar-refractivity contribution >= 4 is 11.9 Å². The van der Waals surface area contributed by atoms with Crippen LogP contribution in [0.25, 0.3) is 0 Å². The molecule has 128 valence electrons. The molecular weight excluding hydrogens is 304 g/mol. The Kier molecular flexibility index (Phi) is 4.74. The number of carbonyl (C=O) groups is 2. The summed E-state index contributed by atoms with van der Waals surface area (Å²) in [5.74, 6) is -0.474. The fourth-order valence-electron chi connectivity index (χ4n) is 3.57. The molecule has 3 rings (SSSR count). The molecule has 0 N–H and O–H groups in total. The van der Waals surface area contributed by atoms with Crippen LogP contribution < -0.4 is 0 Å². The SMILES string of the molecule is C=C1C(=O)OC2/C=C(\C)CC3C=C(CCC=C(C)CCC12)C(=O)O3. The van der Waals surface area contributed by atoms with Crippen LogP contribution in [0, 0.1) is 5.92 Å². The molecule has 0 amide bonds. The van der Waals surface area contributed by atoms with E-state index >= 15 is 0 Å². The van der Waals surface area contributed by atoms with Crippen LogP contribution in [-0.4, -0.2) is 24.1 Å². The monoisotopic (exact) mass is 328 g/mol. The highest BCUT2D eigenvalue weighted by Crippen LogP contribution is 2.34. The Morgan fingerprint density at radius 1 is 1.04 bits per heavy atom. The predicted octanol–water partition coefficient (Wildman–Crippen LogP) is 3.79. The standard InChI is InChI=1S/C20H24O4/c1-12-5-4-6-15-11-16(23-20(15)22)9-13(2)10-18-17(8-7-12)14(3)19(21)24-18/h5,10-11,16-18H,3-4,6-9H2,1-2H3/b12-5?,13-10+. The van der Waals surface area contributed by atoms with E-state index < -0.39 is 0 Å². The van der Waals surface area contributed by atoms with E-state index in [1.807, 2.05) is 19.1 Å². The molecule has 0 saturated carbocycles. The first-order valence-corrected chi connectivity index (χ1v) is 8.58. The maximum atomic E-state index is 11.9. The molecule has 2 heterocycles. The molecule has 2 aliphatic heterocycles. The lowest BCUT2D eigenvalue weighted by Gasteiger charge is -2.16. The summed E-state index contributed by atoms with van der Waals surface area (Å²) in [4.78, 5) is 23.8. The zero-order valence-electron chi connectivity index (χ0n) is 14.3. The minimum atomic E-state index is -0.297. The first-order chi connectivity index (χ1) is 11.4. The number of hydrogen-bond acceptors (Lipinski definition) is 4. The normalized spacial score (nSPS) is 33.5. The van der Waals surface area contributed by atoms with Crippen LogP contribution in [0.5, 0.6) is 0 Å². The fraction of sp³-hybridized carbons (Fsp3) is 0.500. The largest absolute Gasteiger partial charge is 0.454 e. The Bertz CT molecular complexity index is 665. The van der Waals surface area contributed by atoms with E-state index in [4.69, 9.17) is 9.47 Å². The van der Waals surface area contributed by atoms with E-state index in [1.165, 1.54) is 5.57 Å². The molecule has 4 heteroatoms. The van der Waals surface area contributed by atoms with Gasteiger partial charge in [-0.3, -0.25) is 0 Å². The second kappa shape index (κ2) is 6.80. The van der Waals surface area contributed by atoms with E-state index in [2.05, 4.69) is 19.6 Å². The molecule has 3 aliphatic rings. The lowest BCUT2D eigenvalue weighted by Crippen LogP contribution is -2.16. The summed E-state index contributed by atoms with van der Waals surface area (Å²) in [7, 11) is 0. The van der Waals surface area contributed by atoms with E-state index in [1.54, 1.807) is 0 Å². The average Bonchev–Trinajstić information content (AvgIpc) is 2.97.